The Bertz CT molecular complexity index is 238. The van der Waals surface area contributed by atoms with Crippen LogP contribution in [-0.4, -0.2) is 9.78 Å². The van der Waals surface area contributed by atoms with Crippen LogP contribution in [0.2, 0.25) is 0 Å². The summed E-state index contributed by atoms with van der Waals surface area (Å²) in [6, 6.07) is 0. The Balaban J connectivity index is 2.28. The van der Waals surface area contributed by atoms with Gasteiger partial charge in [0.15, 0.2) is 0 Å². The maximum Gasteiger partial charge on any atom is 0.116 e. The van der Waals surface area contributed by atoms with Crippen LogP contribution in [0.4, 0.5) is 0 Å². The van der Waals surface area contributed by atoms with E-state index in [0.29, 0.717) is 0 Å². The normalized spacial score (nSPS) is 11.1. The predicted octanol–water partition coefficient (Wildman–Crippen LogP) is 2.68. The minimum atomic E-state index is 0.796. The summed E-state index contributed by atoms with van der Waals surface area (Å²) < 4.78 is 2.00. The highest BCUT2D eigenvalue weighted by molar-refractivity contribution is 5.00. The lowest BCUT2D eigenvalue weighted by atomic mass is 10.1. The summed E-state index contributed by atoms with van der Waals surface area (Å²) in [5, 5.41) is 4.18. The zero-order valence-corrected chi connectivity index (χ0v) is 8.88. The zero-order chi connectivity index (χ0) is 9.68. The molecule has 1 aromatic rings. The molecule has 0 amide bonds. The van der Waals surface area contributed by atoms with E-state index in [4.69, 9.17) is 0 Å². The van der Waals surface area contributed by atoms with Crippen molar-refractivity contribution in [1.82, 2.24) is 9.78 Å². The van der Waals surface area contributed by atoms with E-state index < -0.39 is 0 Å². The maximum atomic E-state index is 4.18. The SMILES string of the molecule is CCc1[c]nn(CCCC(C)C)c1. The van der Waals surface area contributed by atoms with Crippen LogP contribution < -0.4 is 0 Å². The second kappa shape index (κ2) is 5.05. The molecule has 0 aliphatic heterocycles. The molecule has 0 aliphatic rings. The smallest absolute Gasteiger partial charge is 0.116 e. The van der Waals surface area contributed by atoms with Crippen molar-refractivity contribution in [2.45, 2.75) is 46.6 Å². The van der Waals surface area contributed by atoms with Crippen molar-refractivity contribution in [3.63, 3.8) is 0 Å². The van der Waals surface area contributed by atoms with Crippen molar-refractivity contribution >= 4 is 0 Å². The molecule has 0 aliphatic carbocycles. The number of nitrogens with zero attached hydrogens (tertiary/aromatic N) is 2. The van der Waals surface area contributed by atoms with E-state index in [-0.39, 0.29) is 0 Å². The highest BCUT2D eigenvalue weighted by Crippen LogP contribution is 2.05. The molecule has 0 saturated heterocycles. The second-order valence-electron chi connectivity index (χ2n) is 3.92. The third-order valence-electron chi connectivity index (χ3n) is 2.18. The topological polar surface area (TPSA) is 17.8 Å². The molecule has 0 saturated carbocycles. The first-order chi connectivity index (χ1) is 6.22. The van der Waals surface area contributed by atoms with Crippen LogP contribution in [0.25, 0.3) is 0 Å². The van der Waals surface area contributed by atoms with E-state index in [1.807, 2.05) is 4.68 Å². The van der Waals surface area contributed by atoms with Gasteiger partial charge in [0.2, 0.25) is 0 Å². The Hall–Kier alpha value is -0.790. The Morgan fingerprint density at radius 2 is 2.31 bits per heavy atom. The largest absolute Gasteiger partial charge is 0.272 e. The number of aromatic nitrogens is 2. The molecular weight excluding hydrogens is 160 g/mol. The fourth-order valence-electron chi connectivity index (χ4n) is 1.31. The van der Waals surface area contributed by atoms with Crippen molar-refractivity contribution in [2.75, 3.05) is 0 Å². The molecule has 0 N–H and O–H groups in total. The Kier molecular flexibility index (Phi) is 4.00. The Labute approximate surface area is 81.0 Å². The molecule has 13 heavy (non-hydrogen) atoms. The molecule has 2 nitrogen and oxygen atoms in total. The van der Waals surface area contributed by atoms with Gasteiger partial charge in [-0.2, -0.15) is 5.10 Å². The molecule has 1 aromatic heterocycles. The van der Waals surface area contributed by atoms with Crippen LogP contribution in [0.1, 0.15) is 39.2 Å². The van der Waals surface area contributed by atoms with Gasteiger partial charge in [-0.1, -0.05) is 20.8 Å². The average molecular weight is 179 g/mol. The summed E-state index contributed by atoms with van der Waals surface area (Å²) >= 11 is 0. The van der Waals surface area contributed by atoms with Gasteiger partial charge < -0.3 is 0 Å². The van der Waals surface area contributed by atoms with Gasteiger partial charge in [0.25, 0.3) is 0 Å². The lowest BCUT2D eigenvalue weighted by Crippen LogP contribution is -1.99. The molecule has 2 heteroatoms. The first kappa shape index (κ1) is 10.3. The minimum Gasteiger partial charge on any atom is -0.272 e. The van der Waals surface area contributed by atoms with Gasteiger partial charge in [0, 0.05) is 12.7 Å². The molecule has 0 fully saturated rings. The molecule has 1 heterocycles. The molecule has 0 atom stereocenters. The fourth-order valence-corrected chi connectivity index (χ4v) is 1.31. The van der Waals surface area contributed by atoms with E-state index in [2.05, 4.69) is 38.3 Å². The summed E-state index contributed by atoms with van der Waals surface area (Å²) in [6.07, 6.45) is 8.63. The van der Waals surface area contributed by atoms with Gasteiger partial charge >= 0.3 is 0 Å². The summed E-state index contributed by atoms with van der Waals surface area (Å²) in [5.74, 6) is 0.796. The van der Waals surface area contributed by atoms with E-state index in [1.165, 1.54) is 18.4 Å². The number of hydrogen-bond acceptors (Lipinski definition) is 1. The van der Waals surface area contributed by atoms with Gasteiger partial charge in [-0.3, -0.25) is 4.68 Å². The molecule has 0 spiro atoms. The van der Waals surface area contributed by atoms with Crippen molar-refractivity contribution in [2.24, 2.45) is 5.92 Å². The standard InChI is InChI=1S/C11H19N2/c1-4-11-8-12-13(9-11)7-5-6-10(2)3/h9-10H,4-7H2,1-3H3. The highest BCUT2D eigenvalue weighted by Gasteiger charge is 1.98. The first-order valence-electron chi connectivity index (χ1n) is 5.16. The fraction of sp³-hybridized carbons (Fsp3) is 0.727. The summed E-state index contributed by atoms with van der Waals surface area (Å²) in [7, 11) is 0. The summed E-state index contributed by atoms with van der Waals surface area (Å²) in [5.41, 5.74) is 1.21. The van der Waals surface area contributed by atoms with Crippen LogP contribution in [0, 0.1) is 12.1 Å². The van der Waals surface area contributed by atoms with Gasteiger partial charge in [-0.25, -0.2) is 0 Å². The Morgan fingerprint density at radius 1 is 1.54 bits per heavy atom. The van der Waals surface area contributed by atoms with Crippen LogP contribution >= 0.6 is 0 Å². The van der Waals surface area contributed by atoms with Crippen molar-refractivity contribution in [1.29, 1.82) is 0 Å². The summed E-state index contributed by atoms with van der Waals surface area (Å²) in [6.45, 7) is 7.68. The highest BCUT2D eigenvalue weighted by atomic mass is 15.3. The van der Waals surface area contributed by atoms with E-state index >= 15 is 0 Å². The average Bonchev–Trinajstić information content (AvgIpc) is 2.52. The second-order valence-corrected chi connectivity index (χ2v) is 3.92. The molecule has 73 valence electrons. The molecule has 1 rings (SSSR count). The van der Waals surface area contributed by atoms with E-state index in [0.717, 1.165) is 18.9 Å². The number of rotatable bonds is 5. The van der Waals surface area contributed by atoms with Crippen LogP contribution in [0.5, 0.6) is 0 Å². The van der Waals surface area contributed by atoms with Gasteiger partial charge in [-0.15, -0.1) is 0 Å². The number of hydrogen-bond donors (Lipinski definition) is 0. The van der Waals surface area contributed by atoms with Crippen LogP contribution in [0.15, 0.2) is 6.20 Å². The van der Waals surface area contributed by atoms with Gasteiger partial charge in [-0.05, 0) is 30.7 Å². The van der Waals surface area contributed by atoms with Crippen molar-refractivity contribution < 1.29 is 0 Å². The Morgan fingerprint density at radius 3 is 2.85 bits per heavy atom. The van der Waals surface area contributed by atoms with Crippen molar-refractivity contribution in [3.8, 4) is 0 Å². The van der Waals surface area contributed by atoms with Crippen LogP contribution in [-0.2, 0) is 13.0 Å². The maximum absolute atomic E-state index is 4.18. The molecule has 1 radical (unpaired) electrons. The monoisotopic (exact) mass is 179 g/mol. The molecule has 0 bridgehead atoms. The zero-order valence-electron chi connectivity index (χ0n) is 8.88. The lowest BCUT2D eigenvalue weighted by Gasteiger charge is -2.03. The van der Waals surface area contributed by atoms with Gasteiger partial charge in [0.05, 0.1) is 0 Å². The third kappa shape index (κ3) is 3.62. The molecular formula is C11H19N2. The predicted molar refractivity (Wildman–Crippen MR) is 54.5 cm³/mol. The first-order valence-corrected chi connectivity index (χ1v) is 5.16. The van der Waals surface area contributed by atoms with Crippen molar-refractivity contribution in [3.05, 3.63) is 18.0 Å². The quantitative estimate of drug-likeness (QED) is 0.679. The molecule has 0 unspecified atom stereocenters. The van der Waals surface area contributed by atoms with E-state index in [1.54, 1.807) is 0 Å². The number of aryl methyl sites for hydroxylation is 2. The van der Waals surface area contributed by atoms with E-state index in [9.17, 15) is 0 Å². The minimum absolute atomic E-state index is 0.796. The molecule has 0 aromatic carbocycles. The third-order valence-corrected chi connectivity index (χ3v) is 2.18. The van der Waals surface area contributed by atoms with Crippen LogP contribution in [0.3, 0.4) is 0 Å². The lowest BCUT2D eigenvalue weighted by molar-refractivity contribution is 0.489. The van der Waals surface area contributed by atoms with Gasteiger partial charge in [0.1, 0.15) is 6.20 Å². The summed E-state index contributed by atoms with van der Waals surface area (Å²) in [4.78, 5) is 0.